The summed E-state index contributed by atoms with van der Waals surface area (Å²) in [5, 5.41) is 10.9. The van der Waals surface area contributed by atoms with E-state index in [0.717, 1.165) is 27.9 Å². The standard InChI is InChI=1S/C29H22ClN3O3/c1-34-26-14-19(15-27(35-2)28(26)36-3)22-16-21(13-10-18-8-11-20(30)12-9-18)33-25-7-5-4-6-24(25)32-29(33)23(22)17-31/h4-16H,1-3H3/b13-10+. The van der Waals surface area contributed by atoms with E-state index in [4.69, 9.17) is 30.8 Å². The molecule has 0 fully saturated rings. The molecule has 2 aromatic heterocycles. The minimum Gasteiger partial charge on any atom is -0.493 e. The molecule has 0 aliphatic heterocycles. The topological polar surface area (TPSA) is 68.8 Å². The van der Waals surface area contributed by atoms with Crippen molar-refractivity contribution in [3.8, 4) is 34.4 Å². The monoisotopic (exact) mass is 495 g/mol. The lowest BCUT2D eigenvalue weighted by atomic mass is 9.99. The second-order valence-corrected chi connectivity index (χ2v) is 8.46. The quantitative estimate of drug-likeness (QED) is 0.257. The number of ether oxygens (including phenoxy) is 3. The number of imidazole rings is 1. The van der Waals surface area contributed by atoms with Gasteiger partial charge in [0.25, 0.3) is 0 Å². The number of pyridine rings is 1. The highest BCUT2D eigenvalue weighted by Gasteiger charge is 2.20. The molecular weight excluding hydrogens is 474 g/mol. The normalized spacial score (nSPS) is 11.2. The van der Waals surface area contributed by atoms with Crippen LogP contribution in [0.1, 0.15) is 16.8 Å². The number of hydrogen-bond donors (Lipinski definition) is 0. The van der Waals surface area contributed by atoms with Gasteiger partial charge in [0.2, 0.25) is 5.75 Å². The van der Waals surface area contributed by atoms with Gasteiger partial charge in [-0.2, -0.15) is 5.26 Å². The Labute approximate surface area is 213 Å². The van der Waals surface area contributed by atoms with Gasteiger partial charge < -0.3 is 14.2 Å². The van der Waals surface area contributed by atoms with Crippen LogP contribution in [0.5, 0.6) is 17.2 Å². The van der Waals surface area contributed by atoms with Gasteiger partial charge >= 0.3 is 0 Å². The van der Waals surface area contributed by atoms with Gasteiger partial charge in [-0.1, -0.05) is 41.9 Å². The predicted molar refractivity (Wildman–Crippen MR) is 143 cm³/mol. The van der Waals surface area contributed by atoms with Crippen LogP contribution >= 0.6 is 11.6 Å². The third-order valence-electron chi connectivity index (χ3n) is 6.01. The predicted octanol–water partition coefficient (Wildman–Crippen LogP) is 6.88. The number of aromatic nitrogens is 2. The zero-order chi connectivity index (χ0) is 25.2. The number of halogens is 1. The summed E-state index contributed by atoms with van der Waals surface area (Å²) in [6.45, 7) is 0. The second-order valence-electron chi connectivity index (χ2n) is 8.03. The van der Waals surface area contributed by atoms with E-state index in [1.165, 1.54) is 0 Å². The van der Waals surface area contributed by atoms with E-state index >= 15 is 0 Å². The van der Waals surface area contributed by atoms with Crippen LogP contribution in [0.2, 0.25) is 5.02 Å². The van der Waals surface area contributed by atoms with Crippen molar-refractivity contribution in [2.45, 2.75) is 0 Å². The lowest BCUT2D eigenvalue weighted by Gasteiger charge is -2.16. The van der Waals surface area contributed by atoms with E-state index in [1.807, 2.05) is 83.3 Å². The lowest BCUT2D eigenvalue weighted by Crippen LogP contribution is -2.00. The summed E-state index contributed by atoms with van der Waals surface area (Å²) in [5.74, 6) is 1.49. The molecule has 0 N–H and O–H groups in total. The molecule has 0 saturated heterocycles. The molecule has 0 radical (unpaired) electrons. The van der Waals surface area contributed by atoms with Crippen LogP contribution in [0.15, 0.2) is 66.7 Å². The lowest BCUT2D eigenvalue weighted by molar-refractivity contribution is 0.324. The van der Waals surface area contributed by atoms with Crippen LogP contribution in [-0.2, 0) is 0 Å². The average Bonchev–Trinajstić information content (AvgIpc) is 3.31. The molecule has 178 valence electrons. The Hall–Kier alpha value is -4.47. The van der Waals surface area contributed by atoms with Crippen molar-refractivity contribution in [2.75, 3.05) is 21.3 Å². The van der Waals surface area contributed by atoms with E-state index in [0.29, 0.717) is 39.0 Å². The van der Waals surface area contributed by atoms with Gasteiger partial charge in [0.1, 0.15) is 11.6 Å². The molecule has 0 atom stereocenters. The van der Waals surface area contributed by atoms with Gasteiger partial charge in [0.15, 0.2) is 17.1 Å². The van der Waals surface area contributed by atoms with Crippen molar-refractivity contribution < 1.29 is 14.2 Å². The van der Waals surface area contributed by atoms with Crippen LogP contribution in [0.3, 0.4) is 0 Å². The molecule has 0 saturated carbocycles. The maximum absolute atomic E-state index is 10.3. The van der Waals surface area contributed by atoms with Crippen LogP contribution in [0.25, 0.3) is 40.0 Å². The first kappa shape index (κ1) is 23.3. The van der Waals surface area contributed by atoms with Crippen LogP contribution in [-0.4, -0.2) is 30.7 Å². The highest BCUT2D eigenvalue weighted by atomic mass is 35.5. The van der Waals surface area contributed by atoms with Gasteiger partial charge in [-0.05, 0) is 59.7 Å². The largest absolute Gasteiger partial charge is 0.493 e. The number of benzene rings is 3. The molecular formula is C29H22ClN3O3. The van der Waals surface area contributed by atoms with Crippen LogP contribution in [0.4, 0.5) is 0 Å². The molecule has 36 heavy (non-hydrogen) atoms. The molecule has 3 aromatic carbocycles. The first-order valence-electron chi connectivity index (χ1n) is 11.2. The molecule has 0 bridgehead atoms. The minimum atomic E-state index is 0.448. The van der Waals surface area contributed by atoms with Gasteiger partial charge in [-0.3, -0.25) is 4.40 Å². The molecule has 2 heterocycles. The maximum atomic E-state index is 10.3. The first-order valence-corrected chi connectivity index (χ1v) is 11.5. The summed E-state index contributed by atoms with van der Waals surface area (Å²) in [5.41, 5.74) is 6.04. The zero-order valence-electron chi connectivity index (χ0n) is 19.9. The molecule has 0 aliphatic carbocycles. The minimum absolute atomic E-state index is 0.448. The molecule has 7 heteroatoms. The first-order chi connectivity index (χ1) is 17.6. The van der Waals surface area contributed by atoms with Gasteiger partial charge in [-0.25, -0.2) is 4.98 Å². The molecule has 0 unspecified atom stereocenters. The molecule has 0 spiro atoms. The molecule has 5 aromatic rings. The van der Waals surface area contributed by atoms with Crippen molar-refractivity contribution in [3.05, 3.63) is 88.6 Å². The summed E-state index contributed by atoms with van der Waals surface area (Å²) >= 11 is 6.05. The van der Waals surface area contributed by atoms with Crippen molar-refractivity contribution in [2.24, 2.45) is 0 Å². The summed E-state index contributed by atoms with van der Waals surface area (Å²) < 4.78 is 18.6. The Bertz CT molecular complexity index is 1640. The Kier molecular flexibility index (Phi) is 6.24. The summed E-state index contributed by atoms with van der Waals surface area (Å²) in [4.78, 5) is 4.82. The van der Waals surface area contributed by atoms with Crippen molar-refractivity contribution in [1.82, 2.24) is 9.38 Å². The molecule has 0 aliphatic rings. The van der Waals surface area contributed by atoms with E-state index in [1.54, 1.807) is 21.3 Å². The Morgan fingerprint density at radius 1 is 0.889 bits per heavy atom. The molecule has 0 amide bonds. The molecule has 5 rings (SSSR count). The number of nitriles is 1. The number of rotatable bonds is 6. The smallest absolute Gasteiger partial charge is 0.203 e. The summed E-state index contributed by atoms with van der Waals surface area (Å²) in [7, 11) is 4.69. The fourth-order valence-corrected chi connectivity index (χ4v) is 4.44. The van der Waals surface area contributed by atoms with Crippen LogP contribution in [0, 0.1) is 11.3 Å². The Morgan fingerprint density at radius 3 is 2.22 bits per heavy atom. The maximum Gasteiger partial charge on any atom is 0.203 e. The number of para-hydroxylation sites is 2. The van der Waals surface area contributed by atoms with E-state index in [2.05, 4.69) is 6.07 Å². The van der Waals surface area contributed by atoms with Gasteiger partial charge in [-0.15, -0.1) is 0 Å². The number of hydrogen-bond acceptors (Lipinski definition) is 5. The summed E-state index contributed by atoms with van der Waals surface area (Å²) in [6, 6.07) is 23.5. The molecule has 6 nitrogen and oxygen atoms in total. The van der Waals surface area contributed by atoms with Gasteiger partial charge in [0.05, 0.1) is 32.4 Å². The summed E-state index contributed by atoms with van der Waals surface area (Å²) in [6.07, 6.45) is 4.01. The van der Waals surface area contributed by atoms with E-state index < -0.39 is 0 Å². The SMILES string of the molecule is COc1cc(-c2cc(/C=C/c3ccc(Cl)cc3)n3c(nc4ccccc43)c2C#N)cc(OC)c1OC. The Morgan fingerprint density at radius 2 is 1.58 bits per heavy atom. The van der Waals surface area contributed by atoms with Crippen LogP contribution < -0.4 is 14.2 Å². The van der Waals surface area contributed by atoms with E-state index in [-0.39, 0.29) is 0 Å². The average molecular weight is 496 g/mol. The van der Waals surface area contributed by atoms with Crippen molar-refractivity contribution in [1.29, 1.82) is 5.26 Å². The third kappa shape index (κ3) is 4.00. The van der Waals surface area contributed by atoms with Crippen molar-refractivity contribution >= 4 is 40.4 Å². The zero-order valence-corrected chi connectivity index (χ0v) is 20.7. The van der Waals surface area contributed by atoms with Crippen molar-refractivity contribution in [3.63, 3.8) is 0 Å². The number of fused-ring (bicyclic) bond motifs is 3. The van der Waals surface area contributed by atoms with E-state index in [9.17, 15) is 5.26 Å². The number of nitrogens with zero attached hydrogens (tertiary/aromatic N) is 3. The number of methoxy groups -OCH3 is 3. The highest BCUT2D eigenvalue weighted by molar-refractivity contribution is 6.30. The second kappa shape index (κ2) is 9.65. The third-order valence-corrected chi connectivity index (χ3v) is 6.26. The Balaban J connectivity index is 1.82. The highest BCUT2D eigenvalue weighted by Crippen LogP contribution is 2.42. The van der Waals surface area contributed by atoms with Gasteiger partial charge in [0, 0.05) is 16.3 Å². The fourth-order valence-electron chi connectivity index (χ4n) is 4.31. The fraction of sp³-hybridized carbons (Fsp3) is 0.103.